The molecule has 4 rings (SSSR count). The van der Waals surface area contributed by atoms with E-state index in [4.69, 9.17) is 5.73 Å². The molecule has 1 unspecified atom stereocenters. The molecule has 0 bridgehead atoms. The monoisotopic (exact) mass is 458 g/mol. The Morgan fingerprint density at radius 2 is 2.00 bits per heavy atom. The van der Waals surface area contributed by atoms with Crippen molar-refractivity contribution in [1.82, 2.24) is 25.9 Å². The summed E-state index contributed by atoms with van der Waals surface area (Å²) in [6.07, 6.45) is 3.43. The molecule has 176 valence electrons. The van der Waals surface area contributed by atoms with E-state index in [1.165, 1.54) is 6.20 Å². The minimum absolute atomic E-state index is 0.0372. The van der Waals surface area contributed by atoms with Crippen LogP contribution in [0.5, 0.6) is 0 Å². The van der Waals surface area contributed by atoms with Crippen molar-refractivity contribution in [3.63, 3.8) is 0 Å². The Bertz CT molecular complexity index is 1200. The number of hydrogen-bond acceptors (Lipinski definition) is 6. The number of carbonyl (C=O) groups excluding carboxylic acids is 2. The molecule has 0 aliphatic carbocycles. The number of nitrogens with zero attached hydrogens (tertiary/aromatic N) is 2. The van der Waals surface area contributed by atoms with Gasteiger partial charge in [-0.2, -0.15) is 0 Å². The second-order valence-electron chi connectivity index (χ2n) is 8.70. The third kappa shape index (κ3) is 5.58. The molecule has 5 N–H and O–H groups in total. The second-order valence-corrected chi connectivity index (χ2v) is 8.70. The van der Waals surface area contributed by atoms with Crippen LogP contribution in [0.3, 0.4) is 0 Å². The fraction of sp³-hybridized carbons (Fsp3) is 0.308. The van der Waals surface area contributed by atoms with Gasteiger partial charge in [0.15, 0.2) is 11.5 Å². The topological polar surface area (TPSA) is 122 Å². The van der Waals surface area contributed by atoms with E-state index in [0.717, 1.165) is 42.6 Å². The maximum absolute atomic E-state index is 12.8. The Hall–Kier alpha value is -3.78. The average Bonchev–Trinajstić information content (AvgIpc) is 2.85. The van der Waals surface area contributed by atoms with Crippen LogP contribution in [0.25, 0.3) is 11.3 Å². The maximum atomic E-state index is 12.8. The minimum atomic E-state index is -0.344. The predicted octanol–water partition coefficient (Wildman–Crippen LogP) is 2.75. The number of nitrogen functional groups attached to an aromatic ring is 1. The number of piperidine rings is 1. The van der Waals surface area contributed by atoms with Crippen molar-refractivity contribution >= 4 is 17.6 Å². The molecule has 0 spiro atoms. The average molecular weight is 459 g/mol. The van der Waals surface area contributed by atoms with Gasteiger partial charge in [-0.15, -0.1) is 0 Å². The second kappa shape index (κ2) is 10.4. The smallest absolute Gasteiger partial charge is 0.274 e. The number of carbonyl (C=O) groups is 2. The highest BCUT2D eigenvalue weighted by Crippen LogP contribution is 2.20. The molecule has 0 saturated carbocycles. The number of benzene rings is 2. The summed E-state index contributed by atoms with van der Waals surface area (Å²) in [7, 11) is 0. The zero-order valence-electron chi connectivity index (χ0n) is 19.5. The van der Waals surface area contributed by atoms with Crippen molar-refractivity contribution in [2.24, 2.45) is 0 Å². The lowest BCUT2D eigenvalue weighted by molar-refractivity contribution is 0.0923. The van der Waals surface area contributed by atoms with E-state index in [1.807, 2.05) is 19.9 Å². The third-order valence-corrected chi connectivity index (χ3v) is 6.01. The van der Waals surface area contributed by atoms with E-state index < -0.39 is 0 Å². The summed E-state index contributed by atoms with van der Waals surface area (Å²) in [4.78, 5) is 34.2. The van der Waals surface area contributed by atoms with Crippen molar-refractivity contribution in [3.05, 3.63) is 76.6 Å². The van der Waals surface area contributed by atoms with E-state index >= 15 is 0 Å². The van der Waals surface area contributed by atoms with Crippen molar-refractivity contribution in [1.29, 1.82) is 0 Å². The van der Waals surface area contributed by atoms with Crippen LogP contribution in [-0.4, -0.2) is 40.9 Å². The van der Waals surface area contributed by atoms with Gasteiger partial charge in [-0.3, -0.25) is 9.59 Å². The Labute approximate surface area is 199 Å². The molecule has 2 heterocycles. The summed E-state index contributed by atoms with van der Waals surface area (Å²) in [6.45, 7) is 6.18. The Balaban J connectivity index is 1.49. The number of hydrogen-bond donors (Lipinski definition) is 4. The molecule has 1 aromatic heterocycles. The van der Waals surface area contributed by atoms with Gasteiger partial charge in [-0.1, -0.05) is 35.9 Å². The quantitative estimate of drug-likeness (QED) is 0.451. The minimum Gasteiger partial charge on any atom is -0.382 e. The maximum Gasteiger partial charge on any atom is 0.274 e. The Kier molecular flexibility index (Phi) is 7.18. The van der Waals surface area contributed by atoms with Crippen LogP contribution >= 0.6 is 0 Å². The van der Waals surface area contributed by atoms with Crippen molar-refractivity contribution in [2.75, 3.05) is 18.8 Å². The third-order valence-electron chi connectivity index (χ3n) is 6.01. The first-order chi connectivity index (χ1) is 16.4. The van der Waals surface area contributed by atoms with Gasteiger partial charge in [0, 0.05) is 30.3 Å². The van der Waals surface area contributed by atoms with Gasteiger partial charge >= 0.3 is 0 Å². The molecule has 2 amide bonds. The molecular weight excluding hydrogens is 428 g/mol. The predicted molar refractivity (Wildman–Crippen MR) is 132 cm³/mol. The molecular formula is C26H30N6O2. The van der Waals surface area contributed by atoms with E-state index in [0.29, 0.717) is 23.4 Å². The van der Waals surface area contributed by atoms with E-state index in [2.05, 4.69) is 44.1 Å². The summed E-state index contributed by atoms with van der Waals surface area (Å²) in [5.41, 5.74) is 11.1. The number of rotatable bonds is 6. The van der Waals surface area contributed by atoms with E-state index in [9.17, 15) is 9.59 Å². The van der Waals surface area contributed by atoms with Crippen LogP contribution in [0, 0.1) is 13.8 Å². The van der Waals surface area contributed by atoms with Gasteiger partial charge in [-0.25, -0.2) is 9.97 Å². The fourth-order valence-corrected chi connectivity index (χ4v) is 4.02. The molecule has 1 fully saturated rings. The van der Waals surface area contributed by atoms with E-state index in [-0.39, 0.29) is 29.4 Å². The lowest BCUT2D eigenvalue weighted by atomic mass is 10.0. The Morgan fingerprint density at radius 1 is 1.15 bits per heavy atom. The molecule has 3 aromatic rings. The first-order valence-electron chi connectivity index (χ1n) is 11.5. The molecule has 8 nitrogen and oxygen atoms in total. The number of nitrogens with two attached hydrogens (primary N) is 1. The van der Waals surface area contributed by atoms with Gasteiger partial charge in [0.05, 0.1) is 11.9 Å². The summed E-state index contributed by atoms with van der Waals surface area (Å²) in [6, 6.07) is 13.3. The van der Waals surface area contributed by atoms with Crippen LogP contribution < -0.4 is 21.7 Å². The highest BCUT2D eigenvalue weighted by molar-refractivity contribution is 5.97. The van der Waals surface area contributed by atoms with Crippen molar-refractivity contribution in [2.45, 2.75) is 39.3 Å². The van der Waals surface area contributed by atoms with E-state index in [1.54, 1.807) is 18.2 Å². The lowest BCUT2D eigenvalue weighted by Gasteiger charge is -2.23. The molecule has 34 heavy (non-hydrogen) atoms. The van der Waals surface area contributed by atoms with Gasteiger partial charge in [0.25, 0.3) is 11.8 Å². The highest BCUT2D eigenvalue weighted by atomic mass is 16.2. The van der Waals surface area contributed by atoms with Crippen LogP contribution in [-0.2, 0) is 6.54 Å². The Morgan fingerprint density at radius 3 is 2.79 bits per heavy atom. The molecule has 1 aliphatic heterocycles. The first-order valence-corrected chi connectivity index (χ1v) is 11.5. The number of anilines is 1. The number of amides is 2. The summed E-state index contributed by atoms with van der Waals surface area (Å²) >= 11 is 0. The van der Waals surface area contributed by atoms with Gasteiger partial charge < -0.3 is 21.7 Å². The molecule has 1 atom stereocenters. The largest absolute Gasteiger partial charge is 0.382 e. The number of aryl methyl sites for hydroxylation is 2. The van der Waals surface area contributed by atoms with Gasteiger partial charge in [0.2, 0.25) is 0 Å². The zero-order valence-corrected chi connectivity index (χ0v) is 19.5. The van der Waals surface area contributed by atoms with Crippen LogP contribution in [0.2, 0.25) is 0 Å². The first kappa shape index (κ1) is 23.4. The van der Waals surface area contributed by atoms with Gasteiger partial charge in [-0.05, 0) is 56.5 Å². The molecule has 0 radical (unpaired) electrons. The summed E-state index contributed by atoms with van der Waals surface area (Å²) in [5.74, 6) is -0.454. The van der Waals surface area contributed by atoms with Crippen LogP contribution in [0.1, 0.15) is 50.4 Å². The molecule has 2 aromatic carbocycles. The molecule has 1 aliphatic rings. The lowest BCUT2D eigenvalue weighted by Crippen LogP contribution is -2.46. The van der Waals surface area contributed by atoms with Crippen molar-refractivity contribution in [3.8, 4) is 11.3 Å². The highest BCUT2D eigenvalue weighted by Gasteiger charge is 2.20. The normalized spacial score (nSPS) is 15.5. The van der Waals surface area contributed by atoms with Crippen molar-refractivity contribution < 1.29 is 9.59 Å². The summed E-state index contributed by atoms with van der Waals surface area (Å²) in [5, 5.41) is 9.22. The SMILES string of the molecule is Cc1ccc(C)c(CNC(=O)c2cccc(-c3cnc(N)c(C(=O)NC4CCCNC4)n3)c2)c1. The zero-order chi connectivity index (χ0) is 24.1. The molecule has 1 saturated heterocycles. The number of nitrogens with one attached hydrogen (secondary N) is 3. The van der Waals surface area contributed by atoms with Gasteiger partial charge in [0.1, 0.15) is 0 Å². The fourth-order valence-electron chi connectivity index (χ4n) is 4.02. The van der Waals surface area contributed by atoms with Crippen LogP contribution in [0.15, 0.2) is 48.7 Å². The summed E-state index contributed by atoms with van der Waals surface area (Å²) < 4.78 is 0. The van der Waals surface area contributed by atoms with Crippen LogP contribution in [0.4, 0.5) is 5.82 Å². The molecule has 8 heteroatoms. The number of aromatic nitrogens is 2. The standard InChI is InChI=1S/C26H30N6O2/c1-16-8-9-17(2)20(11-16)13-30-25(33)19-6-3-5-18(12-19)22-15-29-24(27)23(32-22)26(34)31-21-7-4-10-28-14-21/h3,5-6,8-9,11-12,15,21,28H,4,7,10,13-14H2,1-2H3,(H2,27,29)(H,30,33)(H,31,34).